The molecule has 3 rings (SSSR count). The van der Waals surface area contributed by atoms with E-state index in [1.165, 1.54) is 0 Å². The predicted octanol–water partition coefficient (Wildman–Crippen LogP) is 1.49. The van der Waals surface area contributed by atoms with E-state index in [2.05, 4.69) is 4.98 Å². The number of nitrogens with zero attached hydrogens (tertiary/aromatic N) is 3. The second-order valence-electron chi connectivity index (χ2n) is 4.24. The van der Waals surface area contributed by atoms with Gasteiger partial charge >= 0.3 is 0 Å². The first kappa shape index (κ1) is 9.39. The third-order valence-corrected chi connectivity index (χ3v) is 2.98. The summed E-state index contributed by atoms with van der Waals surface area (Å²) in [7, 11) is 0. The van der Waals surface area contributed by atoms with Gasteiger partial charge in [0.1, 0.15) is 11.3 Å². The van der Waals surface area contributed by atoms with Crippen LogP contribution in [0.15, 0.2) is 24.5 Å². The number of amides is 1. The van der Waals surface area contributed by atoms with Crippen LogP contribution in [0.25, 0.3) is 5.65 Å². The molecule has 2 aromatic rings. The minimum atomic E-state index is 0.0487. The molecular weight excluding hydrogens is 202 g/mol. The van der Waals surface area contributed by atoms with Gasteiger partial charge < -0.3 is 9.30 Å². The van der Waals surface area contributed by atoms with Gasteiger partial charge in [-0.05, 0) is 31.0 Å². The van der Waals surface area contributed by atoms with Crippen molar-refractivity contribution in [2.75, 3.05) is 13.1 Å². The Bertz CT molecular complexity index is 554. The van der Waals surface area contributed by atoms with Crippen molar-refractivity contribution in [1.82, 2.24) is 14.3 Å². The average Bonchev–Trinajstić information content (AvgIpc) is 2.57. The van der Waals surface area contributed by atoms with Crippen LogP contribution >= 0.6 is 0 Å². The maximum absolute atomic E-state index is 11.9. The van der Waals surface area contributed by atoms with E-state index in [-0.39, 0.29) is 5.91 Å². The SMILES string of the molecule is Cc1ccn2cc(C(=O)N3CCC3)nc2c1. The van der Waals surface area contributed by atoms with Crippen molar-refractivity contribution in [2.45, 2.75) is 13.3 Å². The largest absolute Gasteiger partial charge is 0.337 e. The Morgan fingerprint density at radius 3 is 2.94 bits per heavy atom. The number of carbonyl (C=O) groups is 1. The van der Waals surface area contributed by atoms with Crippen molar-refractivity contribution in [2.24, 2.45) is 0 Å². The van der Waals surface area contributed by atoms with Crippen molar-refractivity contribution in [3.8, 4) is 0 Å². The normalized spacial score (nSPS) is 15.2. The van der Waals surface area contributed by atoms with Gasteiger partial charge in [-0.3, -0.25) is 4.79 Å². The molecule has 0 N–H and O–H groups in total. The molecule has 0 radical (unpaired) electrons. The van der Waals surface area contributed by atoms with Crippen molar-refractivity contribution in [3.05, 3.63) is 35.8 Å². The monoisotopic (exact) mass is 215 g/mol. The number of likely N-dealkylation sites (tertiary alicyclic amines) is 1. The van der Waals surface area contributed by atoms with Crippen LogP contribution < -0.4 is 0 Å². The maximum atomic E-state index is 11.9. The zero-order valence-electron chi connectivity index (χ0n) is 9.18. The van der Waals surface area contributed by atoms with Crippen LogP contribution in [0.4, 0.5) is 0 Å². The average molecular weight is 215 g/mol. The number of pyridine rings is 1. The first-order valence-corrected chi connectivity index (χ1v) is 5.49. The molecule has 0 unspecified atom stereocenters. The molecule has 1 aliphatic heterocycles. The first-order valence-electron chi connectivity index (χ1n) is 5.49. The Hall–Kier alpha value is -1.84. The first-order chi connectivity index (χ1) is 7.74. The molecule has 2 aromatic heterocycles. The summed E-state index contributed by atoms with van der Waals surface area (Å²) in [6, 6.07) is 3.99. The van der Waals surface area contributed by atoms with Gasteiger partial charge in [-0.25, -0.2) is 4.98 Å². The van der Waals surface area contributed by atoms with E-state index in [9.17, 15) is 4.79 Å². The lowest BCUT2D eigenvalue weighted by molar-refractivity contribution is 0.0646. The molecule has 82 valence electrons. The fourth-order valence-corrected chi connectivity index (χ4v) is 1.87. The highest BCUT2D eigenvalue weighted by molar-refractivity contribution is 5.93. The highest BCUT2D eigenvalue weighted by Gasteiger charge is 2.23. The predicted molar refractivity (Wildman–Crippen MR) is 60.4 cm³/mol. The summed E-state index contributed by atoms with van der Waals surface area (Å²) < 4.78 is 1.89. The number of fused-ring (bicyclic) bond motifs is 1. The molecule has 0 spiro atoms. The third kappa shape index (κ3) is 1.38. The lowest BCUT2D eigenvalue weighted by Gasteiger charge is -2.29. The molecule has 0 atom stereocenters. The van der Waals surface area contributed by atoms with Crippen LogP contribution in [0.1, 0.15) is 22.5 Å². The number of hydrogen-bond acceptors (Lipinski definition) is 2. The van der Waals surface area contributed by atoms with Gasteiger partial charge in [0, 0.05) is 25.5 Å². The summed E-state index contributed by atoms with van der Waals surface area (Å²) in [5, 5.41) is 0. The van der Waals surface area contributed by atoms with Crippen LogP contribution in [0.3, 0.4) is 0 Å². The molecule has 1 saturated heterocycles. The number of carbonyl (C=O) groups excluding carboxylic acids is 1. The van der Waals surface area contributed by atoms with E-state index in [0.29, 0.717) is 5.69 Å². The van der Waals surface area contributed by atoms with E-state index in [1.807, 2.05) is 34.6 Å². The fourth-order valence-electron chi connectivity index (χ4n) is 1.87. The molecule has 0 bridgehead atoms. The van der Waals surface area contributed by atoms with Gasteiger partial charge in [0.2, 0.25) is 0 Å². The standard InChI is InChI=1S/C12H13N3O/c1-9-3-6-15-8-10(13-11(15)7-9)12(16)14-4-2-5-14/h3,6-8H,2,4-5H2,1H3. The van der Waals surface area contributed by atoms with E-state index < -0.39 is 0 Å². The number of hydrogen-bond donors (Lipinski definition) is 0. The quantitative estimate of drug-likeness (QED) is 0.722. The van der Waals surface area contributed by atoms with E-state index in [1.54, 1.807) is 6.20 Å². The summed E-state index contributed by atoms with van der Waals surface area (Å²) in [5.41, 5.74) is 2.54. The highest BCUT2D eigenvalue weighted by Crippen LogP contribution is 2.13. The molecular formula is C12H13N3O. The second kappa shape index (κ2) is 3.33. The zero-order valence-corrected chi connectivity index (χ0v) is 9.18. The maximum Gasteiger partial charge on any atom is 0.274 e. The Kier molecular flexibility index (Phi) is 1.96. The number of aromatic nitrogens is 2. The van der Waals surface area contributed by atoms with Gasteiger partial charge in [-0.15, -0.1) is 0 Å². The Morgan fingerprint density at radius 2 is 2.25 bits per heavy atom. The number of aryl methyl sites for hydroxylation is 1. The van der Waals surface area contributed by atoms with Crippen LogP contribution in [0.5, 0.6) is 0 Å². The molecule has 1 amide bonds. The second-order valence-corrected chi connectivity index (χ2v) is 4.24. The highest BCUT2D eigenvalue weighted by atomic mass is 16.2. The summed E-state index contributed by atoms with van der Waals surface area (Å²) in [6.45, 7) is 3.75. The minimum absolute atomic E-state index is 0.0487. The Balaban J connectivity index is 2.01. The Morgan fingerprint density at radius 1 is 1.44 bits per heavy atom. The number of rotatable bonds is 1. The lowest BCUT2D eigenvalue weighted by atomic mass is 10.2. The molecule has 0 aliphatic carbocycles. The van der Waals surface area contributed by atoms with E-state index >= 15 is 0 Å². The lowest BCUT2D eigenvalue weighted by Crippen LogP contribution is -2.42. The van der Waals surface area contributed by atoms with Crippen LogP contribution in [-0.4, -0.2) is 33.3 Å². The van der Waals surface area contributed by atoms with Gasteiger partial charge in [-0.2, -0.15) is 0 Å². The van der Waals surface area contributed by atoms with Crippen molar-refractivity contribution >= 4 is 11.6 Å². The topological polar surface area (TPSA) is 37.6 Å². The molecule has 1 aliphatic rings. The van der Waals surface area contributed by atoms with Crippen molar-refractivity contribution in [3.63, 3.8) is 0 Å². The van der Waals surface area contributed by atoms with Crippen LogP contribution in [0.2, 0.25) is 0 Å². The van der Waals surface area contributed by atoms with Gasteiger partial charge in [-0.1, -0.05) is 0 Å². The minimum Gasteiger partial charge on any atom is -0.337 e. The molecule has 4 nitrogen and oxygen atoms in total. The summed E-state index contributed by atoms with van der Waals surface area (Å²) in [5.74, 6) is 0.0487. The van der Waals surface area contributed by atoms with E-state index in [4.69, 9.17) is 0 Å². The molecule has 1 fully saturated rings. The fraction of sp³-hybridized carbons (Fsp3) is 0.333. The van der Waals surface area contributed by atoms with Crippen LogP contribution in [-0.2, 0) is 0 Å². The molecule has 4 heteroatoms. The molecule has 3 heterocycles. The van der Waals surface area contributed by atoms with Gasteiger partial charge in [0.05, 0.1) is 0 Å². The summed E-state index contributed by atoms with van der Waals surface area (Å²) in [4.78, 5) is 18.1. The Labute approximate surface area is 93.5 Å². The van der Waals surface area contributed by atoms with Crippen LogP contribution in [0, 0.1) is 6.92 Å². The smallest absolute Gasteiger partial charge is 0.274 e. The third-order valence-electron chi connectivity index (χ3n) is 2.98. The summed E-state index contributed by atoms with van der Waals surface area (Å²) >= 11 is 0. The van der Waals surface area contributed by atoms with E-state index in [0.717, 1.165) is 30.7 Å². The van der Waals surface area contributed by atoms with Crippen molar-refractivity contribution in [1.29, 1.82) is 0 Å². The van der Waals surface area contributed by atoms with Gasteiger partial charge in [0.15, 0.2) is 0 Å². The molecule has 0 aromatic carbocycles. The van der Waals surface area contributed by atoms with Crippen molar-refractivity contribution < 1.29 is 4.79 Å². The molecule has 0 saturated carbocycles. The number of imidazole rings is 1. The zero-order chi connectivity index (χ0) is 11.1. The summed E-state index contributed by atoms with van der Waals surface area (Å²) in [6.07, 6.45) is 4.85. The van der Waals surface area contributed by atoms with Gasteiger partial charge in [0.25, 0.3) is 5.91 Å². The molecule has 16 heavy (non-hydrogen) atoms.